The summed E-state index contributed by atoms with van der Waals surface area (Å²) in [7, 11) is 0. The molecule has 0 spiro atoms. The summed E-state index contributed by atoms with van der Waals surface area (Å²) in [6.45, 7) is -3.79. The lowest BCUT2D eigenvalue weighted by Gasteiger charge is -2.33. The van der Waals surface area contributed by atoms with Gasteiger partial charge in [0.25, 0.3) is 12.3 Å². The molecule has 0 unspecified atom stereocenters. The van der Waals surface area contributed by atoms with Gasteiger partial charge in [-0.05, 0) is 52.6 Å². The van der Waals surface area contributed by atoms with Crippen LogP contribution in [0.4, 0.5) is 18.9 Å². The molecule has 1 aliphatic heterocycles. The van der Waals surface area contributed by atoms with Crippen LogP contribution < -0.4 is 11.1 Å². The predicted molar refractivity (Wildman–Crippen MR) is 108 cm³/mol. The van der Waals surface area contributed by atoms with Gasteiger partial charge in [0.05, 0.1) is 9.35 Å². The summed E-state index contributed by atoms with van der Waals surface area (Å²) in [5, 5.41) is 2.25. The molecule has 0 saturated heterocycles. The van der Waals surface area contributed by atoms with E-state index in [0.717, 1.165) is 18.2 Å². The van der Waals surface area contributed by atoms with E-state index in [4.69, 9.17) is 17.3 Å². The third-order valence-electron chi connectivity index (χ3n) is 3.92. The minimum atomic E-state index is -3.20. The second-order valence-electron chi connectivity index (χ2n) is 5.86. The quantitative estimate of drug-likeness (QED) is 0.671. The first-order valence-corrected chi connectivity index (χ1v) is 8.56. The molecule has 6 nitrogen and oxygen atoms in total. The Morgan fingerprint density at radius 1 is 1.52 bits per heavy atom. The lowest BCUT2D eigenvalue weighted by molar-refractivity contribution is -0.0145. The number of rotatable bonds is 4. The number of hydrogen-bond donors (Lipinski definition) is 2. The van der Waals surface area contributed by atoms with Crippen LogP contribution in [0.3, 0.4) is 0 Å². The number of aliphatic imine (C=N–C) groups is 1. The van der Waals surface area contributed by atoms with Crippen molar-refractivity contribution in [3.8, 4) is 0 Å². The highest BCUT2D eigenvalue weighted by molar-refractivity contribution is 9.10. The number of nitrogens with two attached hydrogens (primary N) is 1. The summed E-state index contributed by atoms with van der Waals surface area (Å²) < 4.78 is 85.9. The summed E-state index contributed by atoms with van der Waals surface area (Å²) in [6.07, 6.45) is -3.76. The Bertz CT molecular complexity index is 1160. The first-order valence-electron chi connectivity index (χ1n) is 10.3. The molecule has 0 saturated carbocycles. The Labute approximate surface area is 186 Å². The van der Waals surface area contributed by atoms with Gasteiger partial charge in [-0.1, -0.05) is 0 Å². The van der Waals surface area contributed by atoms with Crippen molar-refractivity contribution in [2.24, 2.45) is 10.7 Å². The number of amides is 1. The monoisotopic (exact) mass is 497 g/mol. The van der Waals surface area contributed by atoms with Crippen LogP contribution in [-0.2, 0) is 10.3 Å². The highest BCUT2D eigenvalue weighted by Crippen LogP contribution is 2.38. The molecule has 3 rings (SSSR count). The van der Waals surface area contributed by atoms with Gasteiger partial charge >= 0.3 is 0 Å². The van der Waals surface area contributed by atoms with Gasteiger partial charge < -0.3 is 15.8 Å². The van der Waals surface area contributed by atoms with E-state index >= 15 is 0 Å². The first-order chi connectivity index (χ1) is 15.3. The highest BCUT2D eigenvalue weighted by atomic mass is 79.9. The van der Waals surface area contributed by atoms with Crippen molar-refractivity contribution >= 4 is 45.8 Å². The average Bonchev–Trinajstić information content (AvgIpc) is 2.71. The molecule has 1 amide bonds. The smallest absolute Gasteiger partial charge is 0.274 e. The SMILES string of the molecule is Cl.[2H]c1nc(C(=O)Nc2ccc(F)c([C@]3(C(F)F)COCC(N)=N3)c2)c(C([2H])([2H])[2H])c([2H])c1Br. The molecule has 3 N–H and O–H groups in total. The molecular formula is C18H17BrClF3N4O2. The van der Waals surface area contributed by atoms with Gasteiger partial charge in [0.1, 0.15) is 24.0 Å². The van der Waals surface area contributed by atoms with Gasteiger partial charge in [-0.2, -0.15) is 0 Å². The Balaban J connectivity index is 0.00000408. The third-order valence-corrected chi connectivity index (χ3v) is 4.29. The molecule has 0 bridgehead atoms. The lowest BCUT2D eigenvalue weighted by atomic mass is 9.90. The van der Waals surface area contributed by atoms with E-state index in [1.54, 1.807) is 0 Å². The number of aromatic nitrogens is 1. The molecule has 1 aromatic heterocycles. The lowest BCUT2D eigenvalue weighted by Crippen LogP contribution is -2.45. The zero-order valence-electron chi connectivity index (χ0n) is 19.4. The number of alkyl halides is 2. The number of carbonyl (C=O) groups excluding carboxylic acids is 1. The van der Waals surface area contributed by atoms with Crippen LogP contribution in [0.1, 0.15) is 28.5 Å². The first kappa shape index (κ1) is 16.6. The van der Waals surface area contributed by atoms with E-state index in [0.29, 0.717) is 0 Å². The normalized spacial score (nSPS) is 21.7. The topological polar surface area (TPSA) is 89.6 Å². The molecule has 0 fully saturated rings. The maximum atomic E-state index is 14.6. The highest BCUT2D eigenvalue weighted by Gasteiger charge is 2.46. The molecule has 29 heavy (non-hydrogen) atoms. The van der Waals surface area contributed by atoms with Crippen molar-refractivity contribution in [1.82, 2.24) is 4.98 Å². The summed E-state index contributed by atoms with van der Waals surface area (Å²) >= 11 is 2.89. The number of halogens is 5. The van der Waals surface area contributed by atoms with Crippen molar-refractivity contribution in [3.05, 3.63) is 57.5 Å². The number of pyridine rings is 1. The zero-order valence-corrected chi connectivity index (χ0v) is 16.8. The van der Waals surface area contributed by atoms with Crippen molar-refractivity contribution in [2.45, 2.75) is 18.8 Å². The molecule has 2 aromatic rings. The fraction of sp³-hybridized carbons (Fsp3) is 0.278. The maximum absolute atomic E-state index is 14.6. The fourth-order valence-corrected chi connectivity index (χ4v) is 2.93. The van der Waals surface area contributed by atoms with E-state index in [2.05, 4.69) is 31.2 Å². The van der Waals surface area contributed by atoms with Crippen molar-refractivity contribution in [2.75, 3.05) is 18.5 Å². The molecule has 1 aromatic carbocycles. The fourth-order valence-electron chi connectivity index (χ4n) is 2.65. The number of carbonyl (C=O) groups is 1. The molecule has 0 radical (unpaired) electrons. The zero-order chi connectivity index (χ0) is 24.7. The molecule has 11 heteroatoms. The van der Waals surface area contributed by atoms with Crippen LogP contribution in [0.2, 0.25) is 0 Å². The third kappa shape index (κ3) is 4.71. The maximum Gasteiger partial charge on any atom is 0.274 e. The van der Waals surface area contributed by atoms with Crippen LogP contribution in [0.25, 0.3) is 0 Å². The van der Waals surface area contributed by atoms with Crippen LogP contribution in [0.15, 0.2) is 39.9 Å². The van der Waals surface area contributed by atoms with Gasteiger partial charge in [0, 0.05) is 26.0 Å². The number of anilines is 1. The van der Waals surface area contributed by atoms with E-state index < -0.39 is 66.2 Å². The molecule has 1 atom stereocenters. The van der Waals surface area contributed by atoms with Gasteiger partial charge in [0.2, 0.25) is 0 Å². The molecule has 156 valence electrons. The summed E-state index contributed by atoms with van der Waals surface area (Å²) in [5.74, 6) is -2.45. The van der Waals surface area contributed by atoms with Crippen LogP contribution >= 0.6 is 28.3 Å². The largest absolute Gasteiger partial charge is 0.385 e. The minimum absolute atomic E-state index is 0. The van der Waals surface area contributed by atoms with Crippen LogP contribution in [0, 0.1) is 12.7 Å². The number of ether oxygens (including phenoxy) is 1. The van der Waals surface area contributed by atoms with Crippen molar-refractivity contribution < 1.29 is 29.6 Å². The average molecular weight is 499 g/mol. The number of amidine groups is 1. The Hall–Kier alpha value is -2.17. The standard InChI is InChI=1S/C18H16BrF3N4O2.ClH/c1-9-4-10(19)6-24-15(9)16(27)25-11-2-3-13(20)12(5-11)18(17(21)22)8-28-7-14(23)26-18;/h2-6,17H,7-8H2,1H3,(H2,23,26)(H,25,27);1H/t18-;/m0./s1/i1D3,4D,6D;. The molecule has 0 aliphatic carbocycles. The van der Waals surface area contributed by atoms with Gasteiger partial charge in [-0.3, -0.25) is 9.79 Å². The van der Waals surface area contributed by atoms with Crippen molar-refractivity contribution in [1.29, 1.82) is 0 Å². The molecule has 1 aliphatic rings. The molecule has 2 heterocycles. The summed E-state index contributed by atoms with van der Waals surface area (Å²) in [6, 6.07) is 2.16. The number of hydrogen-bond acceptors (Lipinski definition) is 5. The van der Waals surface area contributed by atoms with Crippen molar-refractivity contribution in [3.63, 3.8) is 0 Å². The second kappa shape index (κ2) is 9.10. The number of nitrogens with zero attached hydrogens (tertiary/aromatic N) is 2. The van der Waals surface area contributed by atoms with Gasteiger partial charge in [-0.25, -0.2) is 18.2 Å². The van der Waals surface area contributed by atoms with Gasteiger partial charge in [-0.15, -0.1) is 12.4 Å². The van der Waals surface area contributed by atoms with E-state index in [9.17, 15) is 18.0 Å². The number of nitrogens with one attached hydrogen (secondary N) is 1. The number of benzene rings is 1. The Morgan fingerprint density at radius 2 is 2.28 bits per heavy atom. The second-order valence-corrected chi connectivity index (χ2v) is 6.65. The predicted octanol–water partition coefficient (Wildman–Crippen LogP) is 3.81. The summed E-state index contributed by atoms with van der Waals surface area (Å²) in [4.78, 5) is 20.2. The van der Waals surface area contributed by atoms with Gasteiger partial charge in [0.15, 0.2) is 5.54 Å². The minimum Gasteiger partial charge on any atom is -0.385 e. The van der Waals surface area contributed by atoms with Crippen LogP contribution in [-0.4, -0.2) is 36.4 Å². The Morgan fingerprint density at radius 3 is 2.93 bits per heavy atom. The Kier molecular flexibility index (Phi) is 5.21. The van der Waals surface area contributed by atoms with E-state index in [1.807, 2.05) is 0 Å². The molecular weight excluding hydrogens is 477 g/mol. The van der Waals surface area contributed by atoms with Crippen LogP contribution in [0.5, 0.6) is 0 Å². The van der Waals surface area contributed by atoms with E-state index in [-0.39, 0.29) is 35.0 Å². The summed E-state index contributed by atoms with van der Waals surface area (Å²) in [5.41, 5.74) is 0.850. The van der Waals surface area contributed by atoms with E-state index in [1.165, 1.54) is 0 Å².